The van der Waals surface area contributed by atoms with Gasteiger partial charge >= 0.3 is 0 Å². The van der Waals surface area contributed by atoms with Gasteiger partial charge in [0.25, 0.3) is 0 Å². The molecule has 0 N–H and O–H groups in total. The van der Waals surface area contributed by atoms with Gasteiger partial charge in [-0.2, -0.15) is 0 Å². The minimum Gasteiger partial charge on any atom is -0.443 e. The highest BCUT2D eigenvalue weighted by molar-refractivity contribution is 7.16. The molecule has 0 saturated carbocycles. The molecule has 0 spiro atoms. The molecule has 0 saturated heterocycles. The van der Waals surface area contributed by atoms with E-state index in [9.17, 15) is 0 Å². The summed E-state index contributed by atoms with van der Waals surface area (Å²) in [5.74, 6) is 0. The van der Waals surface area contributed by atoms with Crippen LogP contribution in [0.5, 0.6) is 0 Å². The van der Waals surface area contributed by atoms with Crippen molar-refractivity contribution in [1.29, 1.82) is 0 Å². The van der Waals surface area contributed by atoms with Crippen LogP contribution in [0.1, 0.15) is 0 Å². The molecule has 0 atom stereocenters. The lowest BCUT2D eigenvalue weighted by Gasteiger charge is -1.96. The Labute approximate surface area is 130 Å². The summed E-state index contributed by atoms with van der Waals surface area (Å²) in [6.45, 7) is 0. The molecule has 0 aliphatic carbocycles. The predicted octanol–water partition coefficient (Wildman–Crippen LogP) is 5.28. The van der Waals surface area contributed by atoms with Crippen LogP contribution in [0.2, 0.25) is 0 Å². The maximum absolute atomic E-state index is 5.01. The maximum Gasteiger partial charge on any atom is 0.181 e. The van der Waals surface area contributed by atoms with Gasteiger partial charge < -0.3 is 4.42 Å². The molecule has 0 radical (unpaired) electrons. The van der Waals surface area contributed by atoms with Crippen molar-refractivity contribution >= 4 is 43.4 Å². The number of nitrogens with zero attached hydrogens (tertiary/aromatic N) is 2. The SMILES string of the molecule is c1ccc2c(c1)ccc1scnc12.c1ccc2ocnc2c1. The van der Waals surface area contributed by atoms with E-state index in [2.05, 4.69) is 46.4 Å². The van der Waals surface area contributed by atoms with E-state index in [1.165, 1.54) is 21.9 Å². The second-order valence-electron chi connectivity index (χ2n) is 4.81. The summed E-state index contributed by atoms with van der Waals surface area (Å²) in [4.78, 5) is 8.32. The summed E-state index contributed by atoms with van der Waals surface area (Å²) in [5, 5.41) is 2.52. The van der Waals surface area contributed by atoms with Crippen LogP contribution in [0, 0.1) is 0 Å². The van der Waals surface area contributed by atoms with Gasteiger partial charge in [0.15, 0.2) is 12.0 Å². The fourth-order valence-corrected chi connectivity index (χ4v) is 3.10. The van der Waals surface area contributed by atoms with Crippen molar-refractivity contribution < 1.29 is 4.42 Å². The van der Waals surface area contributed by atoms with Gasteiger partial charge in [-0.3, -0.25) is 0 Å². The summed E-state index contributed by atoms with van der Waals surface area (Å²) in [6, 6.07) is 20.3. The van der Waals surface area contributed by atoms with E-state index >= 15 is 0 Å². The minimum absolute atomic E-state index is 0.845. The molecule has 5 rings (SSSR count). The molecular weight excluding hydrogens is 292 g/mol. The summed E-state index contributed by atoms with van der Waals surface area (Å²) >= 11 is 1.69. The Morgan fingerprint density at radius 1 is 0.818 bits per heavy atom. The zero-order valence-electron chi connectivity index (χ0n) is 11.6. The number of hydrogen-bond acceptors (Lipinski definition) is 4. The Morgan fingerprint density at radius 2 is 1.68 bits per heavy atom. The lowest BCUT2D eigenvalue weighted by atomic mass is 10.1. The first-order valence-electron chi connectivity index (χ1n) is 6.91. The van der Waals surface area contributed by atoms with Crippen molar-refractivity contribution in [3.8, 4) is 0 Å². The fourth-order valence-electron chi connectivity index (χ4n) is 2.40. The number of oxazole rings is 1. The topological polar surface area (TPSA) is 38.9 Å². The number of rotatable bonds is 0. The number of fused-ring (bicyclic) bond motifs is 4. The third kappa shape index (κ3) is 2.34. The van der Waals surface area contributed by atoms with E-state index in [0.717, 1.165) is 16.6 Å². The molecule has 5 aromatic rings. The molecule has 0 aliphatic heterocycles. The largest absolute Gasteiger partial charge is 0.443 e. The van der Waals surface area contributed by atoms with Crippen LogP contribution in [0.15, 0.2) is 77.0 Å². The highest BCUT2D eigenvalue weighted by atomic mass is 32.1. The molecule has 3 aromatic carbocycles. The number of para-hydroxylation sites is 2. The molecule has 0 bridgehead atoms. The Kier molecular flexibility index (Phi) is 3.29. The van der Waals surface area contributed by atoms with Gasteiger partial charge in [-0.1, -0.05) is 42.5 Å². The first-order chi connectivity index (χ1) is 10.9. The van der Waals surface area contributed by atoms with Crippen molar-refractivity contribution in [2.24, 2.45) is 0 Å². The Balaban J connectivity index is 0.000000122. The van der Waals surface area contributed by atoms with Crippen molar-refractivity contribution in [3.63, 3.8) is 0 Å². The smallest absolute Gasteiger partial charge is 0.181 e. The number of benzene rings is 3. The third-order valence-corrected chi connectivity index (χ3v) is 4.26. The maximum atomic E-state index is 5.01. The van der Waals surface area contributed by atoms with Gasteiger partial charge in [0.1, 0.15) is 5.52 Å². The molecule has 0 unspecified atom stereocenters. The van der Waals surface area contributed by atoms with Gasteiger partial charge in [-0.15, -0.1) is 11.3 Å². The Hall–Kier alpha value is -2.72. The molecule has 106 valence electrons. The fraction of sp³-hybridized carbons (Fsp3) is 0. The van der Waals surface area contributed by atoms with Gasteiger partial charge in [0, 0.05) is 5.39 Å². The summed E-state index contributed by atoms with van der Waals surface area (Å²) < 4.78 is 6.27. The van der Waals surface area contributed by atoms with Crippen molar-refractivity contribution in [2.45, 2.75) is 0 Å². The van der Waals surface area contributed by atoms with Gasteiger partial charge in [-0.05, 0) is 23.6 Å². The summed E-state index contributed by atoms with van der Waals surface area (Å²) in [5.41, 5.74) is 4.79. The monoisotopic (exact) mass is 304 g/mol. The first kappa shape index (κ1) is 13.0. The highest BCUT2D eigenvalue weighted by Gasteiger charge is 2.00. The predicted molar refractivity (Wildman–Crippen MR) is 91.1 cm³/mol. The molecule has 22 heavy (non-hydrogen) atoms. The standard InChI is InChI=1S/C11H7NS.C7H5NO/c1-2-4-9-8(3-1)5-6-10-11(9)12-7-13-10;1-2-4-7-6(3-1)8-5-9-7/h1-7H;1-5H. The van der Waals surface area contributed by atoms with E-state index in [4.69, 9.17) is 4.42 Å². The molecule has 4 heteroatoms. The zero-order valence-corrected chi connectivity index (χ0v) is 12.5. The average molecular weight is 304 g/mol. The Morgan fingerprint density at radius 3 is 2.64 bits per heavy atom. The van der Waals surface area contributed by atoms with Gasteiger partial charge in [0.05, 0.1) is 15.7 Å². The second-order valence-corrected chi connectivity index (χ2v) is 5.69. The molecule has 0 amide bonds. The average Bonchev–Trinajstić information content (AvgIpc) is 3.24. The highest BCUT2D eigenvalue weighted by Crippen LogP contribution is 2.26. The van der Waals surface area contributed by atoms with Crippen LogP contribution in [0.4, 0.5) is 0 Å². The van der Waals surface area contributed by atoms with Gasteiger partial charge in [-0.25, -0.2) is 9.97 Å². The molecule has 0 fully saturated rings. The van der Waals surface area contributed by atoms with Crippen molar-refractivity contribution in [2.75, 3.05) is 0 Å². The van der Waals surface area contributed by atoms with Crippen LogP contribution in [-0.4, -0.2) is 9.97 Å². The van der Waals surface area contributed by atoms with Gasteiger partial charge in [0.2, 0.25) is 0 Å². The Bertz CT molecular complexity index is 1020. The normalized spacial score (nSPS) is 10.7. The molecule has 2 heterocycles. The van der Waals surface area contributed by atoms with E-state index in [1.807, 2.05) is 29.8 Å². The molecule has 3 nitrogen and oxygen atoms in total. The van der Waals surface area contributed by atoms with Crippen LogP contribution < -0.4 is 0 Å². The molecule has 2 aromatic heterocycles. The lowest BCUT2D eigenvalue weighted by Crippen LogP contribution is -1.73. The number of aromatic nitrogens is 2. The zero-order chi connectivity index (χ0) is 14.8. The quantitative estimate of drug-likeness (QED) is 0.391. The van der Waals surface area contributed by atoms with E-state index in [0.29, 0.717) is 0 Å². The lowest BCUT2D eigenvalue weighted by molar-refractivity contribution is 0.602. The van der Waals surface area contributed by atoms with E-state index in [-0.39, 0.29) is 0 Å². The molecule has 0 aliphatic rings. The van der Waals surface area contributed by atoms with Crippen LogP contribution >= 0.6 is 11.3 Å². The van der Waals surface area contributed by atoms with Crippen LogP contribution in [-0.2, 0) is 0 Å². The second kappa shape index (κ2) is 5.58. The van der Waals surface area contributed by atoms with Crippen LogP contribution in [0.3, 0.4) is 0 Å². The summed E-state index contributed by atoms with van der Waals surface area (Å²) in [7, 11) is 0. The van der Waals surface area contributed by atoms with Crippen molar-refractivity contribution in [3.05, 3.63) is 72.6 Å². The van der Waals surface area contributed by atoms with Crippen LogP contribution in [0.25, 0.3) is 32.1 Å². The summed E-state index contributed by atoms with van der Waals surface area (Å²) in [6.07, 6.45) is 1.45. The third-order valence-electron chi connectivity index (χ3n) is 3.46. The van der Waals surface area contributed by atoms with Crippen molar-refractivity contribution in [1.82, 2.24) is 9.97 Å². The number of thiazole rings is 1. The minimum atomic E-state index is 0.845. The van der Waals surface area contributed by atoms with E-state index < -0.39 is 0 Å². The number of hydrogen-bond donors (Lipinski definition) is 0. The van der Waals surface area contributed by atoms with E-state index in [1.54, 1.807) is 11.3 Å². The first-order valence-corrected chi connectivity index (χ1v) is 7.79. The molecular formula is C18H12N2OS.